The summed E-state index contributed by atoms with van der Waals surface area (Å²) in [6, 6.07) is 17.7. The normalized spacial score (nSPS) is 11.3. The average Bonchev–Trinajstić information content (AvgIpc) is 3.56. The number of ether oxygens (including phenoxy) is 2. The summed E-state index contributed by atoms with van der Waals surface area (Å²) in [4.78, 5) is 32.8. The number of thioether (sulfide) groups is 1. The number of rotatable bonds is 15. The molecule has 4 rings (SSSR count). The minimum atomic E-state index is -0.829. The number of carbonyl (C=O) groups is 2. The number of carbonyl (C=O) groups excluding carboxylic acids is 2. The predicted molar refractivity (Wildman–Crippen MR) is 181 cm³/mol. The molecule has 12 nitrogen and oxygen atoms in total. The molecule has 0 fully saturated rings. The highest BCUT2D eigenvalue weighted by Gasteiger charge is 2.21. The number of pyridine rings is 1. The number of anilines is 1. The number of hydrogen-bond acceptors (Lipinski definition) is 13. The van der Waals surface area contributed by atoms with Crippen molar-refractivity contribution in [3.63, 3.8) is 0 Å². The molecule has 0 spiro atoms. The molecule has 1 amide bonds. The highest BCUT2D eigenvalue weighted by atomic mass is 35.5. The number of halogens is 1. The van der Waals surface area contributed by atoms with E-state index in [9.17, 15) is 20.1 Å². The summed E-state index contributed by atoms with van der Waals surface area (Å²) in [5.74, 6) is 0.0636. The van der Waals surface area contributed by atoms with Crippen molar-refractivity contribution in [3.05, 3.63) is 75.8 Å². The van der Waals surface area contributed by atoms with Crippen LogP contribution in [0, 0.1) is 22.7 Å². The zero-order chi connectivity index (χ0) is 33.8. The van der Waals surface area contributed by atoms with E-state index in [1.54, 1.807) is 24.3 Å². The minimum absolute atomic E-state index is 0.00595. The van der Waals surface area contributed by atoms with Crippen LogP contribution in [0.2, 0.25) is 5.02 Å². The van der Waals surface area contributed by atoms with Crippen LogP contribution in [0.3, 0.4) is 0 Å². The lowest BCUT2D eigenvalue weighted by atomic mass is 9.97. The maximum absolute atomic E-state index is 12.0. The van der Waals surface area contributed by atoms with Gasteiger partial charge in [0.25, 0.3) is 0 Å². The number of nitrogen functional groups attached to an aromatic ring is 1. The Hall–Kier alpha value is -4.70. The molecule has 242 valence electrons. The summed E-state index contributed by atoms with van der Waals surface area (Å²) in [5, 5.41) is 26.4. The van der Waals surface area contributed by atoms with Crippen molar-refractivity contribution in [2.75, 3.05) is 32.0 Å². The van der Waals surface area contributed by atoms with E-state index in [4.69, 9.17) is 43.3 Å². The van der Waals surface area contributed by atoms with Crippen molar-refractivity contribution in [1.29, 1.82) is 10.5 Å². The number of benzene rings is 2. The van der Waals surface area contributed by atoms with Crippen LogP contribution in [-0.4, -0.2) is 54.2 Å². The van der Waals surface area contributed by atoms with Gasteiger partial charge in [0.15, 0.2) is 0 Å². The third-order valence-corrected chi connectivity index (χ3v) is 8.81. The van der Waals surface area contributed by atoms with Crippen molar-refractivity contribution >= 4 is 52.4 Å². The first-order chi connectivity index (χ1) is 22.7. The molecule has 1 atom stereocenters. The molecule has 1 unspecified atom stereocenters. The number of esters is 1. The lowest BCUT2D eigenvalue weighted by molar-refractivity contribution is -0.144. The second-order valence-corrected chi connectivity index (χ2v) is 12.2. The molecule has 0 saturated carbocycles. The number of nitrogens with two attached hydrogens (primary N) is 3. The molecular weight excluding hydrogens is 660 g/mol. The van der Waals surface area contributed by atoms with Gasteiger partial charge in [-0.25, -0.2) is 9.97 Å². The molecule has 0 bridgehead atoms. The largest absolute Gasteiger partial charge is 0.490 e. The second-order valence-electron chi connectivity index (χ2n) is 9.91. The van der Waals surface area contributed by atoms with Gasteiger partial charge in [0.05, 0.1) is 17.3 Å². The Labute approximate surface area is 284 Å². The first kappa shape index (κ1) is 35.2. The van der Waals surface area contributed by atoms with Gasteiger partial charge >= 0.3 is 5.97 Å². The van der Waals surface area contributed by atoms with Gasteiger partial charge in [0.2, 0.25) is 5.91 Å². The maximum Gasteiger partial charge on any atom is 0.305 e. The molecule has 4 aromatic rings. The Bertz CT molecular complexity index is 1790. The SMILES string of the molecule is N#Cc1c(N)nc(SCc2csc(-c3ccc(Cl)cc3)n2)c(C#N)c1-c1ccc(OCCOC(=O)CCC(N)C(=O)NCCN)cc1. The van der Waals surface area contributed by atoms with Crippen molar-refractivity contribution < 1.29 is 19.1 Å². The van der Waals surface area contributed by atoms with Gasteiger partial charge in [-0.15, -0.1) is 11.3 Å². The van der Waals surface area contributed by atoms with Gasteiger partial charge in [0.1, 0.15) is 52.5 Å². The molecule has 0 radical (unpaired) electrons. The molecule has 0 aliphatic heterocycles. The molecule has 0 saturated heterocycles. The number of aromatic nitrogens is 2. The van der Waals surface area contributed by atoms with Gasteiger partial charge in [-0.1, -0.05) is 47.6 Å². The smallest absolute Gasteiger partial charge is 0.305 e. The Morgan fingerprint density at radius 1 is 1.02 bits per heavy atom. The van der Waals surface area contributed by atoms with E-state index in [2.05, 4.69) is 22.4 Å². The number of thiazole rings is 1. The van der Waals surface area contributed by atoms with E-state index in [1.165, 1.54) is 23.1 Å². The molecule has 0 aliphatic carbocycles. The lowest BCUT2D eigenvalue weighted by Gasteiger charge is -2.14. The van der Waals surface area contributed by atoms with E-state index < -0.39 is 12.0 Å². The van der Waals surface area contributed by atoms with E-state index in [0.29, 0.717) is 45.8 Å². The van der Waals surface area contributed by atoms with Crippen molar-refractivity contribution in [2.24, 2.45) is 11.5 Å². The quantitative estimate of drug-likeness (QED) is 0.0782. The lowest BCUT2D eigenvalue weighted by Crippen LogP contribution is -2.42. The molecular formula is C32H31ClN8O4S2. The third kappa shape index (κ3) is 9.65. The fourth-order valence-corrected chi connectivity index (χ4v) is 6.21. The highest BCUT2D eigenvalue weighted by Crippen LogP contribution is 2.37. The van der Waals surface area contributed by atoms with Gasteiger partial charge in [0, 0.05) is 46.8 Å². The maximum atomic E-state index is 12.0. The monoisotopic (exact) mass is 690 g/mol. The van der Waals surface area contributed by atoms with Crippen LogP contribution in [0.15, 0.2) is 58.9 Å². The van der Waals surface area contributed by atoms with E-state index in [-0.39, 0.29) is 48.9 Å². The molecule has 15 heteroatoms. The summed E-state index contributed by atoms with van der Waals surface area (Å²) in [5.41, 5.74) is 20.3. The molecule has 7 N–H and O–H groups in total. The summed E-state index contributed by atoms with van der Waals surface area (Å²) >= 11 is 8.81. The Morgan fingerprint density at radius 3 is 2.40 bits per heavy atom. The van der Waals surface area contributed by atoms with Gasteiger partial charge < -0.3 is 32.0 Å². The minimum Gasteiger partial charge on any atom is -0.490 e. The standard InChI is InChI=1S/C32H31ClN8O4S2/c33-21-5-1-20(2-6-21)31-40-22(17-46-31)18-47-32-25(16-36)28(24(15-35)29(38)41-32)19-3-7-23(8-4-19)44-13-14-45-27(42)10-9-26(37)30(43)39-12-11-34/h1-8,17,26H,9-14,18,34,37H2,(H2,38,41)(H,39,43). The third-order valence-electron chi connectivity index (χ3n) is 6.61. The van der Waals surface area contributed by atoms with Crippen molar-refractivity contribution in [1.82, 2.24) is 15.3 Å². The topological polar surface area (TPSA) is 216 Å². The van der Waals surface area contributed by atoms with E-state index in [0.717, 1.165) is 16.3 Å². The van der Waals surface area contributed by atoms with Crippen molar-refractivity contribution in [2.45, 2.75) is 29.7 Å². The van der Waals surface area contributed by atoms with Crippen LogP contribution in [0.5, 0.6) is 5.75 Å². The van der Waals surface area contributed by atoms with Gasteiger partial charge in [-0.05, 0) is 36.2 Å². The highest BCUT2D eigenvalue weighted by molar-refractivity contribution is 7.98. The van der Waals surface area contributed by atoms with Gasteiger partial charge in [-0.2, -0.15) is 10.5 Å². The zero-order valence-corrected chi connectivity index (χ0v) is 27.5. The first-order valence-corrected chi connectivity index (χ1v) is 16.6. The van der Waals surface area contributed by atoms with Crippen LogP contribution in [0.1, 0.15) is 29.7 Å². The molecule has 2 aromatic heterocycles. The predicted octanol–water partition coefficient (Wildman–Crippen LogP) is 4.25. The molecule has 0 aliphatic rings. The Kier molecular flexibility index (Phi) is 12.9. The van der Waals surface area contributed by atoms with Gasteiger partial charge in [-0.3, -0.25) is 9.59 Å². The van der Waals surface area contributed by atoms with Crippen LogP contribution in [0.4, 0.5) is 5.82 Å². The Balaban J connectivity index is 1.37. The second kappa shape index (κ2) is 17.3. The number of amides is 1. The fourth-order valence-electron chi connectivity index (χ4n) is 4.27. The summed E-state index contributed by atoms with van der Waals surface area (Å²) in [6.45, 7) is 0.687. The molecule has 47 heavy (non-hydrogen) atoms. The molecule has 2 aromatic carbocycles. The fraction of sp³-hybridized carbons (Fsp3) is 0.250. The van der Waals surface area contributed by atoms with Crippen LogP contribution >= 0.6 is 34.7 Å². The van der Waals surface area contributed by atoms with Crippen LogP contribution < -0.4 is 27.3 Å². The number of nitriles is 2. The summed E-state index contributed by atoms with van der Waals surface area (Å²) in [6.07, 6.45) is 0.126. The van der Waals surface area contributed by atoms with Crippen molar-refractivity contribution in [3.8, 4) is 39.6 Å². The summed E-state index contributed by atoms with van der Waals surface area (Å²) in [7, 11) is 0. The van der Waals surface area contributed by atoms with Crippen LogP contribution in [-0.2, 0) is 20.1 Å². The van der Waals surface area contributed by atoms with E-state index in [1.807, 2.05) is 29.6 Å². The molecule has 2 heterocycles. The first-order valence-electron chi connectivity index (χ1n) is 14.3. The summed E-state index contributed by atoms with van der Waals surface area (Å²) < 4.78 is 10.8. The van der Waals surface area contributed by atoms with Crippen LogP contribution in [0.25, 0.3) is 21.7 Å². The number of nitrogens with one attached hydrogen (secondary N) is 1. The Morgan fingerprint density at radius 2 is 1.72 bits per heavy atom. The van der Waals surface area contributed by atoms with E-state index >= 15 is 0 Å². The average molecular weight is 691 g/mol. The number of nitrogens with zero attached hydrogens (tertiary/aromatic N) is 4. The number of hydrogen-bond donors (Lipinski definition) is 4. The zero-order valence-electron chi connectivity index (χ0n) is 25.1.